The maximum absolute atomic E-state index is 5.42. The fourth-order valence-corrected chi connectivity index (χ4v) is 1.68. The van der Waals surface area contributed by atoms with Crippen molar-refractivity contribution in [2.75, 3.05) is 0 Å². The van der Waals surface area contributed by atoms with Gasteiger partial charge in [0.25, 0.3) is 0 Å². The summed E-state index contributed by atoms with van der Waals surface area (Å²) >= 11 is 0. The summed E-state index contributed by atoms with van der Waals surface area (Å²) in [6.45, 7) is 10.5. The van der Waals surface area contributed by atoms with Crippen LogP contribution in [0.3, 0.4) is 0 Å². The molecule has 0 radical (unpaired) electrons. The number of rotatable bonds is 3. The number of hydrogen-bond acceptors (Lipinski definition) is 2. The van der Waals surface area contributed by atoms with Gasteiger partial charge in [0, 0.05) is 6.04 Å². The lowest BCUT2D eigenvalue weighted by molar-refractivity contribution is 0.452. The predicted octanol–water partition coefficient (Wildman–Crippen LogP) is 1.44. The van der Waals surface area contributed by atoms with Crippen molar-refractivity contribution in [1.82, 2.24) is 5.43 Å². The largest absolute Gasteiger partial charge is 0.271 e. The summed E-state index contributed by atoms with van der Waals surface area (Å²) in [5.41, 5.74) is 4.43. The van der Waals surface area contributed by atoms with Crippen LogP contribution in [0.15, 0.2) is 12.2 Å². The molecule has 1 rings (SSSR count). The Labute approximate surface area is 68.8 Å². The van der Waals surface area contributed by atoms with Gasteiger partial charge in [0.2, 0.25) is 0 Å². The van der Waals surface area contributed by atoms with Crippen LogP contribution in [0, 0.1) is 11.3 Å². The molecule has 0 aromatic heterocycles. The number of nitrogens with two attached hydrogens (primary N) is 1. The van der Waals surface area contributed by atoms with Gasteiger partial charge in [0.15, 0.2) is 0 Å². The van der Waals surface area contributed by atoms with E-state index in [-0.39, 0.29) is 0 Å². The zero-order valence-electron chi connectivity index (χ0n) is 7.65. The van der Waals surface area contributed by atoms with Gasteiger partial charge in [0.05, 0.1) is 0 Å². The lowest BCUT2D eigenvalue weighted by Gasteiger charge is -2.17. The minimum absolute atomic E-state index is 0.310. The third-order valence-electron chi connectivity index (χ3n) is 2.70. The quantitative estimate of drug-likeness (QED) is 0.367. The monoisotopic (exact) mass is 154 g/mol. The lowest BCUT2D eigenvalue weighted by Crippen LogP contribution is -2.38. The summed E-state index contributed by atoms with van der Waals surface area (Å²) < 4.78 is 0. The Morgan fingerprint density at radius 3 is 2.27 bits per heavy atom. The molecule has 0 saturated heterocycles. The van der Waals surface area contributed by atoms with Crippen molar-refractivity contribution in [3.8, 4) is 0 Å². The fourth-order valence-electron chi connectivity index (χ4n) is 1.68. The van der Waals surface area contributed by atoms with Crippen LogP contribution in [0.25, 0.3) is 0 Å². The van der Waals surface area contributed by atoms with E-state index < -0.39 is 0 Å². The molecule has 2 unspecified atom stereocenters. The van der Waals surface area contributed by atoms with Gasteiger partial charge < -0.3 is 0 Å². The van der Waals surface area contributed by atoms with Crippen LogP contribution in [0.1, 0.15) is 27.2 Å². The Morgan fingerprint density at radius 2 is 2.18 bits per heavy atom. The van der Waals surface area contributed by atoms with Gasteiger partial charge in [-0.2, -0.15) is 0 Å². The SMILES string of the molecule is C=C(C)C(NN)C1CC1(C)C. The molecule has 1 aliphatic carbocycles. The maximum atomic E-state index is 5.42. The molecule has 0 bridgehead atoms. The second-order valence-electron chi connectivity index (χ2n) is 4.29. The van der Waals surface area contributed by atoms with Crippen molar-refractivity contribution < 1.29 is 0 Å². The molecule has 1 saturated carbocycles. The minimum atomic E-state index is 0.310. The Morgan fingerprint density at radius 1 is 1.73 bits per heavy atom. The van der Waals surface area contributed by atoms with Crippen molar-refractivity contribution in [2.45, 2.75) is 33.2 Å². The van der Waals surface area contributed by atoms with Crippen LogP contribution in [0.2, 0.25) is 0 Å². The average molecular weight is 154 g/mol. The molecule has 11 heavy (non-hydrogen) atoms. The van der Waals surface area contributed by atoms with Gasteiger partial charge in [-0.05, 0) is 24.7 Å². The molecule has 3 N–H and O–H groups in total. The number of hydrogen-bond donors (Lipinski definition) is 2. The first kappa shape index (κ1) is 8.75. The molecular weight excluding hydrogens is 136 g/mol. The topological polar surface area (TPSA) is 38.0 Å². The fraction of sp³-hybridized carbons (Fsp3) is 0.778. The van der Waals surface area contributed by atoms with Crippen molar-refractivity contribution in [3.05, 3.63) is 12.2 Å². The zero-order valence-corrected chi connectivity index (χ0v) is 7.65. The molecule has 0 spiro atoms. The van der Waals surface area contributed by atoms with E-state index in [4.69, 9.17) is 5.84 Å². The highest BCUT2D eigenvalue weighted by atomic mass is 15.2. The van der Waals surface area contributed by atoms with Crippen molar-refractivity contribution >= 4 is 0 Å². The third-order valence-corrected chi connectivity index (χ3v) is 2.70. The van der Waals surface area contributed by atoms with Gasteiger partial charge in [-0.25, -0.2) is 0 Å². The van der Waals surface area contributed by atoms with Gasteiger partial charge in [-0.3, -0.25) is 11.3 Å². The minimum Gasteiger partial charge on any atom is -0.271 e. The van der Waals surface area contributed by atoms with Crippen LogP contribution in [-0.2, 0) is 0 Å². The second kappa shape index (κ2) is 2.61. The Hall–Kier alpha value is -0.340. The van der Waals surface area contributed by atoms with Gasteiger partial charge in [-0.15, -0.1) is 0 Å². The molecule has 0 aromatic carbocycles. The molecule has 2 atom stereocenters. The van der Waals surface area contributed by atoms with Gasteiger partial charge in [0.1, 0.15) is 0 Å². The first-order chi connectivity index (χ1) is 4.99. The summed E-state index contributed by atoms with van der Waals surface area (Å²) in [5.74, 6) is 6.11. The van der Waals surface area contributed by atoms with E-state index >= 15 is 0 Å². The van der Waals surface area contributed by atoms with Crippen molar-refractivity contribution in [3.63, 3.8) is 0 Å². The highest BCUT2D eigenvalue weighted by molar-refractivity contribution is 5.13. The Balaban J connectivity index is 2.53. The van der Waals surface area contributed by atoms with E-state index in [9.17, 15) is 0 Å². The summed E-state index contributed by atoms with van der Waals surface area (Å²) in [7, 11) is 0. The summed E-state index contributed by atoms with van der Waals surface area (Å²) in [5, 5.41) is 0. The van der Waals surface area contributed by atoms with E-state index in [0.717, 1.165) is 5.57 Å². The standard InChI is InChI=1S/C9H18N2/c1-6(2)8(11-10)7-5-9(7,3)4/h7-8,11H,1,5,10H2,2-4H3. The summed E-state index contributed by atoms with van der Waals surface area (Å²) in [6.07, 6.45) is 1.26. The average Bonchev–Trinajstić information content (AvgIpc) is 2.41. The first-order valence-electron chi connectivity index (χ1n) is 4.10. The zero-order chi connectivity index (χ0) is 8.65. The molecule has 2 nitrogen and oxygen atoms in total. The molecule has 0 aromatic rings. The molecule has 64 valence electrons. The van der Waals surface area contributed by atoms with Crippen LogP contribution in [0.5, 0.6) is 0 Å². The molecule has 1 fully saturated rings. The Kier molecular flexibility index (Phi) is 2.08. The summed E-state index contributed by atoms with van der Waals surface area (Å²) in [6, 6.07) is 0.310. The highest BCUT2D eigenvalue weighted by Crippen LogP contribution is 2.54. The third kappa shape index (κ3) is 1.63. The number of hydrazine groups is 1. The van der Waals surface area contributed by atoms with E-state index in [1.54, 1.807) is 0 Å². The predicted molar refractivity (Wildman–Crippen MR) is 47.8 cm³/mol. The molecule has 1 aliphatic rings. The van der Waals surface area contributed by atoms with Crippen LogP contribution >= 0.6 is 0 Å². The van der Waals surface area contributed by atoms with Gasteiger partial charge in [-0.1, -0.05) is 26.0 Å². The normalized spacial score (nSPS) is 29.6. The van der Waals surface area contributed by atoms with E-state index in [1.807, 2.05) is 6.92 Å². The second-order valence-corrected chi connectivity index (χ2v) is 4.29. The molecule has 2 heteroatoms. The van der Waals surface area contributed by atoms with Gasteiger partial charge >= 0.3 is 0 Å². The van der Waals surface area contributed by atoms with Crippen molar-refractivity contribution in [2.24, 2.45) is 17.2 Å². The molecule has 0 heterocycles. The molecular formula is C9H18N2. The van der Waals surface area contributed by atoms with E-state index in [2.05, 4.69) is 25.9 Å². The molecule has 0 aliphatic heterocycles. The lowest BCUT2D eigenvalue weighted by atomic mass is 10.00. The van der Waals surface area contributed by atoms with Crippen LogP contribution in [0.4, 0.5) is 0 Å². The van der Waals surface area contributed by atoms with E-state index in [1.165, 1.54) is 6.42 Å². The summed E-state index contributed by atoms with van der Waals surface area (Å²) in [4.78, 5) is 0. The van der Waals surface area contributed by atoms with Crippen molar-refractivity contribution in [1.29, 1.82) is 0 Å². The van der Waals surface area contributed by atoms with Crippen LogP contribution in [-0.4, -0.2) is 6.04 Å². The van der Waals surface area contributed by atoms with E-state index in [0.29, 0.717) is 17.4 Å². The first-order valence-corrected chi connectivity index (χ1v) is 4.10. The smallest absolute Gasteiger partial charge is 0.0448 e. The van der Waals surface area contributed by atoms with Crippen LogP contribution < -0.4 is 11.3 Å². The highest BCUT2D eigenvalue weighted by Gasteiger charge is 2.49. The molecule has 0 amide bonds. The Bertz CT molecular complexity index is 172. The maximum Gasteiger partial charge on any atom is 0.0448 e. The number of nitrogens with one attached hydrogen (secondary N) is 1.